The van der Waals surface area contributed by atoms with Crippen LogP contribution in [0.3, 0.4) is 0 Å². The predicted octanol–water partition coefficient (Wildman–Crippen LogP) is 4.77. The van der Waals surface area contributed by atoms with E-state index in [2.05, 4.69) is 17.4 Å². The number of amides is 2. The molecule has 3 aromatic rings. The molecular formula is C25H29N3O2S. The molecule has 0 bridgehead atoms. The lowest BCUT2D eigenvalue weighted by atomic mass is 9.95. The number of likely N-dealkylation sites (tertiary alicyclic amines) is 1. The third-order valence-electron chi connectivity index (χ3n) is 6.08. The summed E-state index contributed by atoms with van der Waals surface area (Å²) in [4.78, 5) is 32.8. The van der Waals surface area contributed by atoms with E-state index in [1.54, 1.807) is 17.4 Å². The van der Waals surface area contributed by atoms with Crippen molar-refractivity contribution in [3.63, 3.8) is 0 Å². The number of nitrogens with zero attached hydrogens (tertiary/aromatic N) is 2. The predicted molar refractivity (Wildman–Crippen MR) is 125 cm³/mol. The van der Waals surface area contributed by atoms with Crippen LogP contribution in [-0.4, -0.2) is 40.8 Å². The van der Waals surface area contributed by atoms with Gasteiger partial charge in [-0.3, -0.25) is 9.59 Å². The molecule has 2 amide bonds. The molecule has 162 valence electrons. The van der Waals surface area contributed by atoms with Crippen molar-refractivity contribution in [2.75, 3.05) is 13.1 Å². The van der Waals surface area contributed by atoms with Gasteiger partial charge >= 0.3 is 0 Å². The monoisotopic (exact) mass is 435 g/mol. The lowest BCUT2D eigenvalue weighted by Crippen LogP contribution is -2.52. The number of aromatic nitrogens is 1. The third kappa shape index (κ3) is 4.64. The van der Waals surface area contributed by atoms with E-state index in [1.165, 1.54) is 9.71 Å². The van der Waals surface area contributed by atoms with Gasteiger partial charge in [-0.2, -0.15) is 0 Å². The van der Waals surface area contributed by atoms with Crippen molar-refractivity contribution in [1.29, 1.82) is 0 Å². The first kappa shape index (κ1) is 21.5. The summed E-state index contributed by atoms with van der Waals surface area (Å²) in [6.07, 6.45) is 1.81. The molecule has 31 heavy (non-hydrogen) atoms. The summed E-state index contributed by atoms with van der Waals surface area (Å²) in [5.41, 5.74) is 2.59. The number of carbonyl (C=O) groups is 2. The highest BCUT2D eigenvalue weighted by atomic mass is 32.1. The van der Waals surface area contributed by atoms with Crippen molar-refractivity contribution in [3.05, 3.63) is 64.7 Å². The second-order valence-corrected chi connectivity index (χ2v) is 9.69. The molecular weight excluding hydrogens is 406 g/mol. The van der Waals surface area contributed by atoms with Crippen LogP contribution in [0.2, 0.25) is 0 Å². The van der Waals surface area contributed by atoms with E-state index in [4.69, 9.17) is 4.98 Å². The van der Waals surface area contributed by atoms with E-state index in [1.807, 2.05) is 56.0 Å². The maximum absolute atomic E-state index is 13.3. The standard InChI is InChI=1S/C25H29N3O2S/c1-16(2)22(27-23(29)19-9-5-4-8-17(19)3)25(30)28-14-12-18(13-15-28)24-26-20-10-6-7-11-21(20)31-24/h4-11,16,18,22H,12-15H2,1-3H3,(H,27,29). The molecule has 0 saturated carbocycles. The van der Waals surface area contributed by atoms with E-state index in [0.29, 0.717) is 24.6 Å². The Bertz CT molecular complexity index is 1050. The summed E-state index contributed by atoms with van der Waals surface area (Å²) in [5.74, 6) is 0.233. The topological polar surface area (TPSA) is 62.3 Å². The van der Waals surface area contributed by atoms with Crippen LogP contribution in [0.5, 0.6) is 0 Å². The highest BCUT2D eigenvalue weighted by Crippen LogP contribution is 2.34. The normalized spacial score (nSPS) is 15.9. The Kier molecular flexibility index (Phi) is 6.37. The van der Waals surface area contributed by atoms with Gasteiger partial charge in [-0.05, 0) is 49.4 Å². The molecule has 0 radical (unpaired) electrons. The number of thiazole rings is 1. The minimum absolute atomic E-state index is 0.0136. The quantitative estimate of drug-likeness (QED) is 0.628. The van der Waals surface area contributed by atoms with Crippen LogP contribution in [0.25, 0.3) is 10.2 Å². The van der Waals surface area contributed by atoms with E-state index in [-0.39, 0.29) is 17.7 Å². The van der Waals surface area contributed by atoms with Crippen LogP contribution in [0, 0.1) is 12.8 Å². The molecule has 1 atom stereocenters. The average Bonchev–Trinajstić information content (AvgIpc) is 3.21. The highest BCUT2D eigenvalue weighted by molar-refractivity contribution is 7.18. The van der Waals surface area contributed by atoms with Gasteiger partial charge in [0.2, 0.25) is 5.91 Å². The maximum atomic E-state index is 13.3. The Morgan fingerprint density at radius 3 is 2.42 bits per heavy atom. The van der Waals surface area contributed by atoms with Crippen LogP contribution in [0.1, 0.15) is 53.5 Å². The van der Waals surface area contributed by atoms with Crippen LogP contribution in [-0.2, 0) is 4.79 Å². The van der Waals surface area contributed by atoms with Crippen LogP contribution in [0.15, 0.2) is 48.5 Å². The Labute approximate surface area is 187 Å². The number of benzene rings is 2. The van der Waals surface area contributed by atoms with E-state index in [9.17, 15) is 9.59 Å². The summed E-state index contributed by atoms with van der Waals surface area (Å²) < 4.78 is 1.22. The van der Waals surface area contributed by atoms with Crippen LogP contribution in [0.4, 0.5) is 0 Å². The SMILES string of the molecule is Cc1ccccc1C(=O)NC(C(=O)N1CCC(c2nc3ccccc3s2)CC1)C(C)C. The molecule has 6 heteroatoms. The van der Waals surface area contributed by atoms with Crippen molar-refractivity contribution >= 4 is 33.4 Å². The van der Waals surface area contributed by atoms with Crippen molar-refractivity contribution in [1.82, 2.24) is 15.2 Å². The second kappa shape index (κ2) is 9.18. The molecule has 2 heterocycles. The van der Waals surface area contributed by atoms with Crippen LogP contribution < -0.4 is 5.32 Å². The lowest BCUT2D eigenvalue weighted by molar-refractivity contribution is -0.135. The van der Waals surface area contributed by atoms with Crippen molar-refractivity contribution in [3.8, 4) is 0 Å². The zero-order chi connectivity index (χ0) is 22.0. The van der Waals surface area contributed by atoms with Gasteiger partial charge in [0, 0.05) is 24.6 Å². The minimum Gasteiger partial charge on any atom is -0.341 e. The summed E-state index contributed by atoms with van der Waals surface area (Å²) >= 11 is 1.76. The number of fused-ring (bicyclic) bond motifs is 1. The number of hydrogen-bond donors (Lipinski definition) is 1. The smallest absolute Gasteiger partial charge is 0.252 e. The summed E-state index contributed by atoms with van der Waals surface area (Å²) in [7, 11) is 0. The van der Waals surface area contributed by atoms with Gasteiger partial charge in [-0.1, -0.05) is 44.2 Å². The van der Waals surface area contributed by atoms with Gasteiger partial charge in [0.05, 0.1) is 15.2 Å². The zero-order valence-electron chi connectivity index (χ0n) is 18.3. The number of para-hydroxylation sites is 1. The first-order valence-electron chi connectivity index (χ1n) is 10.9. The lowest BCUT2D eigenvalue weighted by Gasteiger charge is -2.35. The third-order valence-corrected chi connectivity index (χ3v) is 7.27. The first-order chi connectivity index (χ1) is 14.9. The number of rotatable bonds is 5. The molecule has 0 spiro atoms. The molecule has 1 N–H and O–H groups in total. The largest absolute Gasteiger partial charge is 0.341 e. The maximum Gasteiger partial charge on any atom is 0.252 e. The number of nitrogens with one attached hydrogen (secondary N) is 1. The second-order valence-electron chi connectivity index (χ2n) is 8.63. The summed E-state index contributed by atoms with van der Waals surface area (Å²) in [6, 6.07) is 15.2. The molecule has 1 unspecified atom stereocenters. The van der Waals surface area contributed by atoms with Gasteiger partial charge in [-0.25, -0.2) is 4.98 Å². The molecule has 0 aliphatic carbocycles. The van der Waals surface area contributed by atoms with Crippen molar-refractivity contribution in [2.24, 2.45) is 5.92 Å². The Morgan fingerprint density at radius 2 is 1.74 bits per heavy atom. The van der Waals surface area contributed by atoms with Gasteiger partial charge in [0.1, 0.15) is 6.04 Å². The Hall–Kier alpha value is -2.73. The van der Waals surface area contributed by atoms with Gasteiger partial charge in [0.15, 0.2) is 0 Å². The van der Waals surface area contributed by atoms with E-state index < -0.39 is 6.04 Å². The van der Waals surface area contributed by atoms with Crippen LogP contribution >= 0.6 is 11.3 Å². The van der Waals surface area contributed by atoms with Gasteiger partial charge < -0.3 is 10.2 Å². The van der Waals surface area contributed by atoms with Gasteiger partial charge in [0.25, 0.3) is 5.91 Å². The van der Waals surface area contributed by atoms with Crippen molar-refractivity contribution in [2.45, 2.75) is 45.6 Å². The minimum atomic E-state index is -0.522. The molecule has 1 saturated heterocycles. The fraction of sp³-hybridized carbons (Fsp3) is 0.400. The van der Waals surface area contributed by atoms with Gasteiger partial charge in [-0.15, -0.1) is 11.3 Å². The molecule has 5 nitrogen and oxygen atoms in total. The fourth-order valence-corrected chi connectivity index (χ4v) is 5.30. The number of hydrogen-bond acceptors (Lipinski definition) is 4. The number of piperidine rings is 1. The Morgan fingerprint density at radius 1 is 1.06 bits per heavy atom. The Balaban J connectivity index is 1.41. The summed E-state index contributed by atoms with van der Waals surface area (Å²) in [5, 5.41) is 4.16. The average molecular weight is 436 g/mol. The molecule has 4 rings (SSSR count). The van der Waals surface area contributed by atoms with E-state index >= 15 is 0 Å². The first-order valence-corrected chi connectivity index (χ1v) is 11.8. The molecule has 1 aliphatic heterocycles. The molecule has 1 fully saturated rings. The van der Waals surface area contributed by atoms with E-state index in [0.717, 1.165) is 23.9 Å². The fourth-order valence-electron chi connectivity index (χ4n) is 4.17. The molecule has 1 aromatic heterocycles. The number of aryl methyl sites for hydroxylation is 1. The zero-order valence-corrected chi connectivity index (χ0v) is 19.1. The molecule has 1 aliphatic rings. The summed E-state index contributed by atoms with van der Waals surface area (Å²) in [6.45, 7) is 7.27. The molecule has 2 aromatic carbocycles. The number of carbonyl (C=O) groups excluding carboxylic acids is 2. The van der Waals surface area contributed by atoms with Crippen molar-refractivity contribution < 1.29 is 9.59 Å². The highest BCUT2D eigenvalue weighted by Gasteiger charge is 2.32.